The highest BCUT2D eigenvalue weighted by atomic mass is 31.2. The van der Waals surface area contributed by atoms with E-state index >= 15 is 0 Å². The summed E-state index contributed by atoms with van der Waals surface area (Å²) in [4.78, 5) is 19.6. The summed E-state index contributed by atoms with van der Waals surface area (Å²) in [5, 5.41) is 1.74. The molecular formula is C22H19N2O4P. The zero-order valence-corrected chi connectivity index (χ0v) is 16.7. The van der Waals surface area contributed by atoms with Crippen LogP contribution in [0.4, 0.5) is 0 Å². The Bertz CT molecular complexity index is 1350. The molecule has 2 aromatic carbocycles. The summed E-state index contributed by atoms with van der Waals surface area (Å²) in [6.45, 7) is 2.36. The van der Waals surface area contributed by atoms with Gasteiger partial charge in [-0.15, -0.1) is 0 Å². The molecule has 29 heavy (non-hydrogen) atoms. The van der Waals surface area contributed by atoms with Crippen LogP contribution in [0.25, 0.3) is 21.8 Å². The van der Waals surface area contributed by atoms with Crippen molar-refractivity contribution in [2.45, 2.75) is 19.4 Å². The van der Waals surface area contributed by atoms with E-state index in [0.29, 0.717) is 34.8 Å². The number of fused-ring (bicyclic) bond motifs is 3. The average molecular weight is 406 g/mol. The molecule has 7 heteroatoms. The van der Waals surface area contributed by atoms with E-state index in [2.05, 4.69) is 9.97 Å². The van der Waals surface area contributed by atoms with Gasteiger partial charge in [-0.3, -0.25) is 18.9 Å². The smallest absolute Gasteiger partial charge is 0.359 e. The number of aryl methyl sites for hydroxylation is 1. The lowest BCUT2D eigenvalue weighted by atomic mass is 10.0. The number of nitrogens with one attached hydrogen (secondary N) is 1. The SMILES string of the molecule is Cc1cccc([C@H]2CCO[P@@](=O)(c3cnc4c(ccc5c(=O)cc[nH]c54)c3)O2)c1. The standard InChI is InChI=1S/C22H19N2O4P/c1-14-3-2-4-15(11-14)20-8-10-27-29(26,28-20)17-12-16-5-6-18-19(25)7-9-23-22(18)21(16)24-13-17/h2-7,9,11-13,20H,8,10H2,1H3,(H,23,25)/t20-,29+/m1/s1. The largest absolute Gasteiger partial charge is 0.363 e. The summed E-state index contributed by atoms with van der Waals surface area (Å²) >= 11 is 0. The van der Waals surface area contributed by atoms with Gasteiger partial charge in [0, 0.05) is 35.7 Å². The normalized spacial score (nSPS) is 22.2. The Labute approximate surface area is 167 Å². The van der Waals surface area contributed by atoms with Crippen molar-refractivity contribution in [1.29, 1.82) is 0 Å². The van der Waals surface area contributed by atoms with Crippen LogP contribution < -0.4 is 10.7 Å². The van der Waals surface area contributed by atoms with E-state index in [1.807, 2.05) is 31.2 Å². The van der Waals surface area contributed by atoms with E-state index in [1.165, 1.54) is 12.3 Å². The number of aromatic amines is 1. The first kappa shape index (κ1) is 18.3. The lowest BCUT2D eigenvalue weighted by molar-refractivity contribution is 0.0875. The van der Waals surface area contributed by atoms with Gasteiger partial charge in [-0.05, 0) is 24.6 Å². The van der Waals surface area contributed by atoms with Gasteiger partial charge in [0.05, 0.1) is 29.0 Å². The third-order valence-corrected chi connectivity index (χ3v) is 7.14. The van der Waals surface area contributed by atoms with Crippen molar-refractivity contribution in [2.75, 3.05) is 6.61 Å². The van der Waals surface area contributed by atoms with E-state index in [-0.39, 0.29) is 11.5 Å². The molecule has 1 aliphatic rings. The molecule has 2 aromatic heterocycles. The Kier molecular flexibility index (Phi) is 4.36. The van der Waals surface area contributed by atoms with E-state index in [9.17, 15) is 9.36 Å². The zero-order chi connectivity index (χ0) is 20.0. The fraction of sp³-hybridized carbons (Fsp3) is 0.182. The first-order valence-corrected chi connectivity index (χ1v) is 11.0. The van der Waals surface area contributed by atoms with Gasteiger partial charge in [-0.25, -0.2) is 0 Å². The number of hydrogen-bond acceptors (Lipinski definition) is 5. The second-order valence-electron chi connectivity index (χ2n) is 7.22. The Morgan fingerprint density at radius 3 is 2.93 bits per heavy atom. The summed E-state index contributed by atoms with van der Waals surface area (Å²) in [5.41, 5.74) is 3.34. The van der Waals surface area contributed by atoms with Crippen LogP contribution in [0.15, 0.2) is 65.7 Å². The van der Waals surface area contributed by atoms with Gasteiger partial charge in [0.25, 0.3) is 0 Å². The van der Waals surface area contributed by atoms with Crippen LogP contribution in [0.2, 0.25) is 0 Å². The minimum absolute atomic E-state index is 0.0701. The molecule has 146 valence electrons. The monoisotopic (exact) mass is 406 g/mol. The topological polar surface area (TPSA) is 81.3 Å². The van der Waals surface area contributed by atoms with Gasteiger partial charge in [-0.1, -0.05) is 35.9 Å². The minimum atomic E-state index is -3.51. The maximum atomic E-state index is 13.5. The number of aromatic nitrogens is 2. The quantitative estimate of drug-likeness (QED) is 0.395. The Morgan fingerprint density at radius 2 is 2.07 bits per heavy atom. The molecular weight excluding hydrogens is 387 g/mol. The number of nitrogens with zero attached hydrogens (tertiary/aromatic N) is 1. The molecule has 1 N–H and O–H groups in total. The third-order valence-electron chi connectivity index (χ3n) is 5.20. The second kappa shape index (κ2) is 6.92. The fourth-order valence-corrected chi connectivity index (χ4v) is 5.48. The first-order valence-electron chi connectivity index (χ1n) is 9.44. The summed E-state index contributed by atoms with van der Waals surface area (Å²) in [6, 6.07) is 14.8. The Hall–Kier alpha value is -2.79. The van der Waals surface area contributed by atoms with Crippen LogP contribution in [0.5, 0.6) is 0 Å². The highest BCUT2D eigenvalue weighted by molar-refractivity contribution is 7.62. The van der Waals surface area contributed by atoms with Gasteiger partial charge < -0.3 is 9.51 Å². The fourth-order valence-electron chi connectivity index (χ4n) is 3.75. The average Bonchev–Trinajstić information content (AvgIpc) is 2.73. The molecule has 5 rings (SSSR count). The van der Waals surface area contributed by atoms with Crippen LogP contribution in [0, 0.1) is 6.92 Å². The number of benzene rings is 2. The van der Waals surface area contributed by atoms with Gasteiger partial charge in [-0.2, -0.15) is 0 Å². The van der Waals surface area contributed by atoms with Gasteiger partial charge in [0.2, 0.25) is 0 Å². The number of H-pyrrole nitrogens is 1. The van der Waals surface area contributed by atoms with Crippen molar-refractivity contribution >= 4 is 34.7 Å². The lowest BCUT2D eigenvalue weighted by Crippen LogP contribution is -2.20. The molecule has 3 heterocycles. The number of rotatable bonds is 2. The highest BCUT2D eigenvalue weighted by Gasteiger charge is 2.36. The molecule has 1 fully saturated rings. The van der Waals surface area contributed by atoms with E-state index in [4.69, 9.17) is 9.05 Å². The third kappa shape index (κ3) is 3.19. The molecule has 0 saturated carbocycles. The van der Waals surface area contributed by atoms with Crippen molar-refractivity contribution in [3.8, 4) is 0 Å². The minimum Gasteiger partial charge on any atom is -0.359 e. The highest BCUT2D eigenvalue weighted by Crippen LogP contribution is 2.55. The molecule has 4 aromatic rings. The van der Waals surface area contributed by atoms with Crippen molar-refractivity contribution in [3.63, 3.8) is 0 Å². The molecule has 1 aliphatic heterocycles. The molecule has 0 bridgehead atoms. The molecule has 1 saturated heterocycles. The van der Waals surface area contributed by atoms with E-state index in [0.717, 1.165) is 16.5 Å². The van der Waals surface area contributed by atoms with Crippen LogP contribution >= 0.6 is 7.60 Å². The maximum absolute atomic E-state index is 13.5. The van der Waals surface area contributed by atoms with Crippen LogP contribution in [-0.4, -0.2) is 16.6 Å². The molecule has 0 amide bonds. The summed E-state index contributed by atoms with van der Waals surface area (Å²) in [6.07, 6.45) is 3.46. The molecule has 6 nitrogen and oxygen atoms in total. The Balaban J connectivity index is 1.56. The number of pyridine rings is 2. The first-order chi connectivity index (χ1) is 14.0. The van der Waals surface area contributed by atoms with Crippen LogP contribution in [-0.2, 0) is 13.6 Å². The van der Waals surface area contributed by atoms with Crippen molar-refractivity contribution < 1.29 is 13.6 Å². The maximum Gasteiger partial charge on any atom is 0.363 e. The second-order valence-corrected chi connectivity index (χ2v) is 9.20. The Morgan fingerprint density at radius 1 is 1.17 bits per heavy atom. The van der Waals surface area contributed by atoms with Gasteiger partial charge >= 0.3 is 7.60 Å². The molecule has 0 aliphatic carbocycles. The van der Waals surface area contributed by atoms with Crippen LogP contribution in [0.1, 0.15) is 23.7 Å². The zero-order valence-electron chi connectivity index (χ0n) is 15.8. The van der Waals surface area contributed by atoms with Crippen molar-refractivity contribution in [2.24, 2.45) is 0 Å². The van der Waals surface area contributed by atoms with Gasteiger partial charge in [0.15, 0.2) is 5.43 Å². The lowest BCUT2D eigenvalue weighted by Gasteiger charge is -2.30. The van der Waals surface area contributed by atoms with Crippen LogP contribution in [0.3, 0.4) is 0 Å². The molecule has 2 atom stereocenters. The predicted octanol–water partition coefficient (Wildman–Crippen LogP) is 4.38. The van der Waals surface area contributed by atoms with Gasteiger partial charge in [0.1, 0.15) is 0 Å². The van der Waals surface area contributed by atoms with Crippen molar-refractivity contribution in [1.82, 2.24) is 9.97 Å². The molecule has 0 spiro atoms. The summed E-state index contributed by atoms with van der Waals surface area (Å²) < 4.78 is 25.1. The van der Waals surface area contributed by atoms with E-state index in [1.54, 1.807) is 24.4 Å². The molecule has 0 unspecified atom stereocenters. The number of hydrogen-bond donors (Lipinski definition) is 1. The molecule has 0 radical (unpaired) electrons. The summed E-state index contributed by atoms with van der Waals surface area (Å²) in [7, 11) is -3.51. The van der Waals surface area contributed by atoms with Crippen molar-refractivity contribution in [3.05, 3.63) is 82.3 Å². The predicted molar refractivity (Wildman–Crippen MR) is 113 cm³/mol. The van der Waals surface area contributed by atoms with E-state index < -0.39 is 7.60 Å². The summed E-state index contributed by atoms with van der Waals surface area (Å²) in [5.74, 6) is 0.